The average Bonchev–Trinajstić information content (AvgIpc) is 3.01. The van der Waals surface area contributed by atoms with E-state index in [4.69, 9.17) is 14.5 Å². The molecule has 8 nitrogen and oxygen atoms in total. The number of aromatic nitrogens is 1. The maximum Gasteiger partial charge on any atom is 0.309 e. The summed E-state index contributed by atoms with van der Waals surface area (Å²) in [5.74, 6) is -3.97. The predicted octanol–water partition coefficient (Wildman–Crippen LogP) is 5.09. The van der Waals surface area contributed by atoms with Gasteiger partial charge < -0.3 is 24.8 Å². The van der Waals surface area contributed by atoms with Crippen LogP contribution in [-0.2, 0) is 22.5 Å². The maximum absolute atomic E-state index is 13.5. The first kappa shape index (κ1) is 31.0. The number of fused-ring (bicyclic) bond motifs is 1. The number of benzene rings is 2. The Bertz CT molecular complexity index is 1400. The maximum atomic E-state index is 13.5. The Morgan fingerprint density at radius 2 is 1.79 bits per heavy atom. The number of pyridine rings is 1. The van der Waals surface area contributed by atoms with Gasteiger partial charge in [-0.1, -0.05) is 0 Å². The number of piperidine rings is 1. The first-order valence-corrected chi connectivity index (χ1v) is 14.9. The average molecular weight is 601 g/mol. The number of carboxylic acids is 1. The molecule has 0 bridgehead atoms. The second kappa shape index (κ2) is 13.9. The summed E-state index contributed by atoms with van der Waals surface area (Å²) >= 11 is 0. The van der Waals surface area contributed by atoms with Crippen LogP contribution in [0.3, 0.4) is 0 Å². The molecule has 0 aliphatic carbocycles. The molecule has 2 aliphatic rings. The highest BCUT2D eigenvalue weighted by molar-refractivity contribution is 5.84. The molecule has 43 heavy (non-hydrogen) atoms. The van der Waals surface area contributed by atoms with Crippen molar-refractivity contribution in [1.29, 1.82) is 0 Å². The lowest BCUT2D eigenvalue weighted by Crippen LogP contribution is -2.45. The van der Waals surface area contributed by atoms with Gasteiger partial charge in [0.25, 0.3) is 0 Å². The quantitative estimate of drug-likeness (QED) is 0.278. The number of anilines is 1. The van der Waals surface area contributed by atoms with Crippen LogP contribution in [0.4, 0.5) is 18.9 Å². The third-order valence-electron chi connectivity index (χ3n) is 8.86. The third-order valence-corrected chi connectivity index (χ3v) is 8.86. The lowest BCUT2D eigenvalue weighted by Gasteiger charge is -2.39. The van der Waals surface area contributed by atoms with Gasteiger partial charge in [-0.3, -0.25) is 14.7 Å². The van der Waals surface area contributed by atoms with Crippen LogP contribution >= 0.6 is 0 Å². The number of carboxylic acid groups (broad SMARTS) is 1. The van der Waals surface area contributed by atoms with Gasteiger partial charge in [0, 0.05) is 62.1 Å². The molecule has 5 rings (SSSR count). The lowest BCUT2D eigenvalue weighted by molar-refractivity contribution is -0.152. The van der Waals surface area contributed by atoms with Crippen LogP contribution in [0.15, 0.2) is 36.5 Å². The third kappa shape index (κ3) is 7.39. The molecular formula is C32H39F3N4O4. The Hall–Kier alpha value is -3.41. The Morgan fingerprint density at radius 3 is 2.47 bits per heavy atom. The lowest BCUT2D eigenvalue weighted by atomic mass is 9.74. The highest BCUT2D eigenvalue weighted by Crippen LogP contribution is 2.38. The minimum absolute atomic E-state index is 0.169. The van der Waals surface area contributed by atoms with Crippen molar-refractivity contribution in [2.24, 2.45) is 5.41 Å². The monoisotopic (exact) mass is 600 g/mol. The summed E-state index contributed by atoms with van der Waals surface area (Å²) in [6.45, 7) is 6.10. The largest absolute Gasteiger partial charge is 0.497 e. The Balaban J connectivity index is 1.21. The fourth-order valence-corrected chi connectivity index (χ4v) is 6.22. The Labute approximate surface area is 249 Å². The van der Waals surface area contributed by atoms with Gasteiger partial charge in [-0.15, -0.1) is 0 Å². The predicted molar refractivity (Wildman–Crippen MR) is 158 cm³/mol. The number of hydrogen-bond acceptors (Lipinski definition) is 7. The molecule has 1 aromatic heterocycles. The van der Waals surface area contributed by atoms with Gasteiger partial charge in [-0.25, -0.2) is 13.2 Å². The molecular weight excluding hydrogens is 561 g/mol. The number of carbonyl (C=O) groups is 1. The number of nitrogens with one attached hydrogen (secondary N) is 1. The first-order chi connectivity index (χ1) is 20.8. The smallest absolute Gasteiger partial charge is 0.309 e. The van der Waals surface area contributed by atoms with Gasteiger partial charge in [0.2, 0.25) is 0 Å². The van der Waals surface area contributed by atoms with Crippen molar-refractivity contribution in [3.05, 3.63) is 65.1 Å². The van der Waals surface area contributed by atoms with Gasteiger partial charge in [0.05, 0.1) is 31.3 Å². The summed E-state index contributed by atoms with van der Waals surface area (Å²) < 4.78 is 51.2. The summed E-state index contributed by atoms with van der Waals surface area (Å²) in [5, 5.41) is 14.3. The normalized spacial score (nSPS) is 17.7. The number of aryl methyl sites for hydroxylation is 1. The molecule has 3 aromatic rings. The van der Waals surface area contributed by atoms with Crippen LogP contribution < -0.4 is 10.1 Å². The molecule has 2 fully saturated rings. The van der Waals surface area contributed by atoms with E-state index in [0.717, 1.165) is 66.8 Å². The highest BCUT2D eigenvalue weighted by Gasteiger charge is 2.40. The van der Waals surface area contributed by atoms with Crippen LogP contribution in [0.2, 0.25) is 0 Å². The zero-order valence-corrected chi connectivity index (χ0v) is 24.5. The minimum atomic E-state index is -1.49. The van der Waals surface area contributed by atoms with Crippen LogP contribution in [0.5, 0.6) is 5.75 Å². The number of methoxy groups -OCH3 is 1. The van der Waals surface area contributed by atoms with Crippen molar-refractivity contribution in [3.8, 4) is 5.75 Å². The van der Waals surface area contributed by atoms with Crippen LogP contribution in [0, 0.1) is 22.9 Å². The van der Waals surface area contributed by atoms with E-state index in [-0.39, 0.29) is 5.69 Å². The van der Waals surface area contributed by atoms with Crippen LogP contribution in [-0.4, -0.2) is 85.5 Å². The highest BCUT2D eigenvalue weighted by atomic mass is 19.2. The summed E-state index contributed by atoms with van der Waals surface area (Å²) in [4.78, 5) is 21.8. The van der Waals surface area contributed by atoms with E-state index in [1.54, 1.807) is 7.11 Å². The second-order valence-corrected chi connectivity index (χ2v) is 11.5. The van der Waals surface area contributed by atoms with Gasteiger partial charge in [-0.05, 0) is 74.5 Å². The number of halogens is 3. The molecule has 11 heteroatoms. The fourth-order valence-electron chi connectivity index (χ4n) is 6.22. The van der Waals surface area contributed by atoms with Crippen molar-refractivity contribution in [2.45, 2.75) is 38.6 Å². The SMILES string of the molecule is COc1ccc2ncc(CN3CCOCC3)c(CCCC3(C(=O)O)CCN(CCNc4cc(F)c(F)c(F)c4)CC3)c2c1. The van der Waals surface area contributed by atoms with Gasteiger partial charge in [-0.2, -0.15) is 0 Å². The molecule has 3 heterocycles. The number of ether oxygens (including phenoxy) is 2. The molecule has 0 atom stereocenters. The van der Waals surface area contributed by atoms with E-state index in [0.29, 0.717) is 58.7 Å². The number of morpholine rings is 1. The number of nitrogens with zero attached hydrogens (tertiary/aromatic N) is 3. The Morgan fingerprint density at radius 1 is 1.07 bits per heavy atom. The minimum Gasteiger partial charge on any atom is -0.497 e. The molecule has 0 spiro atoms. The summed E-state index contributed by atoms with van der Waals surface area (Å²) in [6.07, 6.45) is 5.02. The summed E-state index contributed by atoms with van der Waals surface area (Å²) in [6, 6.07) is 7.74. The molecule has 0 amide bonds. The van der Waals surface area contributed by atoms with E-state index in [1.165, 1.54) is 5.56 Å². The summed E-state index contributed by atoms with van der Waals surface area (Å²) in [5.41, 5.74) is 2.59. The van der Waals surface area contributed by atoms with Gasteiger partial charge in [0.1, 0.15) is 5.75 Å². The molecule has 2 N–H and O–H groups in total. The number of aliphatic carboxylic acids is 1. The van der Waals surface area contributed by atoms with Crippen molar-refractivity contribution in [1.82, 2.24) is 14.8 Å². The molecule has 2 aliphatic heterocycles. The zero-order chi connectivity index (χ0) is 30.4. The first-order valence-electron chi connectivity index (χ1n) is 14.9. The van der Waals surface area contributed by atoms with E-state index in [2.05, 4.69) is 15.1 Å². The Kier molecular flexibility index (Phi) is 10.0. The van der Waals surface area contributed by atoms with E-state index < -0.39 is 28.8 Å². The number of hydrogen-bond donors (Lipinski definition) is 2. The molecule has 0 unspecified atom stereocenters. The van der Waals surface area contributed by atoms with E-state index in [9.17, 15) is 23.1 Å². The van der Waals surface area contributed by atoms with Crippen LogP contribution in [0.25, 0.3) is 10.9 Å². The number of rotatable bonds is 12. The number of likely N-dealkylation sites (tertiary alicyclic amines) is 1. The van der Waals surface area contributed by atoms with Gasteiger partial charge in [0.15, 0.2) is 17.5 Å². The molecule has 232 valence electrons. The van der Waals surface area contributed by atoms with Crippen LogP contribution in [0.1, 0.15) is 36.8 Å². The fraction of sp³-hybridized carbons (Fsp3) is 0.500. The van der Waals surface area contributed by atoms with Gasteiger partial charge >= 0.3 is 5.97 Å². The topological polar surface area (TPSA) is 87.2 Å². The van der Waals surface area contributed by atoms with E-state index >= 15 is 0 Å². The standard InChI is InChI=1S/C32H39F3N4O4/c1-42-24-4-5-29-26(19-24)25(22(20-37-29)21-39-13-15-43-16-14-39)3-2-6-32(31(40)41)7-10-38(11-8-32)12-9-36-23-17-27(33)30(35)28(34)18-23/h4-5,17-20,36H,2-3,6-16,21H2,1H3,(H,40,41). The molecule has 2 saturated heterocycles. The van der Waals surface area contributed by atoms with Crippen molar-refractivity contribution in [2.75, 3.05) is 64.9 Å². The molecule has 0 radical (unpaired) electrons. The molecule has 0 saturated carbocycles. The molecule has 2 aromatic carbocycles. The summed E-state index contributed by atoms with van der Waals surface area (Å²) in [7, 11) is 1.65. The van der Waals surface area contributed by atoms with Crippen molar-refractivity contribution in [3.63, 3.8) is 0 Å². The second-order valence-electron chi connectivity index (χ2n) is 11.5. The van der Waals surface area contributed by atoms with E-state index in [1.807, 2.05) is 24.4 Å². The van der Waals surface area contributed by atoms with Crippen molar-refractivity contribution < 1.29 is 32.5 Å². The van der Waals surface area contributed by atoms with Crippen molar-refractivity contribution >= 4 is 22.6 Å². The zero-order valence-electron chi connectivity index (χ0n) is 24.5.